The average molecular weight is 380 g/mol. The van der Waals surface area contributed by atoms with Crippen molar-refractivity contribution in [3.63, 3.8) is 0 Å². The smallest absolute Gasteiger partial charge is 0.411 e. The number of aliphatic imine (C=N–C) groups is 1. The van der Waals surface area contributed by atoms with E-state index < -0.39 is 6.09 Å². The first-order chi connectivity index (χ1) is 12.7. The highest BCUT2D eigenvalue weighted by molar-refractivity contribution is 5.87. The number of hydrogen-bond acceptors (Lipinski definition) is 6. The zero-order chi connectivity index (χ0) is 20.3. The molecule has 2 N–H and O–H groups in total. The van der Waals surface area contributed by atoms with E-state index >= 15 is 0 Å². The van der Waals surface area contributed by atoms with Gasteiger partial charge < -0.3 is 19.5 Å². The fraction of sp³-hybridized carbons (Fsp3) is 0.600. The number of benzene rings is 1. The largest absolute Gasteiger partial charge is 0.453 e. The Balaban J connectivity index is 0.000000377. The third kappa shape index (κ3) is 9.96. The Hall–Kier alpha value is -2.12. The second kappa shape index (κ2) is 11.6. The number of hydrogen-bond donors (Lipinski definition) is 2. The molecule has 1 aromatic rings. The van der Waals surface area contributed by atoms with Crippen LogP contribution < -0.4 is 10.6 Å². The van der Waals surface area contributed by atoms with Crippen LogP contribution >= 0.6 is 0 Å². The summed E-state index contributed by atoms with van der Waals surface area (Å²) in [5, 5.41) is 5.69. The summed E-state index contributed by atoms with van der Waals surface area (Å²) in [4.78, 5) is 15.6. The second-order valence-electron chi connectivity index (χ2n) is 7.33. The molecule has 2 rings (SSSR count). The molecule has 0 spiro atoms. The maximum absolute atomic E-state index is 11.2. The van der Waals surface area contributed by atoms with E-state index in [1.165, 1.54) is 7.11 Å². The molecular formula is C20H33N3O4. The predicted octanol–water partition coefficient (Wildman–Crippen LogP) is 4.47. The minimum Gasteiger partial charge on any atom is -0.453 e. The maximum atomic E-state index is 11.2. The molecule has 1 aliphatic rings. The lowest BCUT2D eigenvalue weighted by Crippen LogP contribution is -2.11. The molecule has 1 atom stereocenters. The zero-order valence-electron chi connectivity index (χ0n) is 17.3. The average Bonchev–Trinajstić information content (AvgIpc) is 2.87. The van der Waals surface area contributed by atoms with Gasteiger partial charge in [0.2, 0.25) is 0 Å². The standard InChI is InChI=1S/C14H21N3O2.C6H12O2/c1-14(2,3)9-16-12-8-10(17-13(18)19-5)6-7-11(12)15-4;1-6-5-7-3-2-4-8-6/h6-9,15H,1-5H3,(H,17,18);6H,2-5H2,1H3. The molecule has 152 valence electrons. The van der Waals surface area contributed by atoms with Crippen LogP contribution in [0.25, 0.3) is 0 Å². The number of anilines is 2. The number of nitrogens with zero attached hydrogens (tertiary/aromatic N) is 1. The summed E-state index contributed by atoms with van der Waals surface area (Å²) in [6.07, 6.45) is 2.73. The van der Waals surface area contributed by atoms with Gasteiger partial charge in [-0.2, -0.15) is 0 Å². The van der Waals surface area contributed by atoms with Crippen molar-refractivity contribution in [1.82, 2.24) is 0 Å². The lowest BCUT2D eigenvalue weighted by atomic mass is 9.99. The minimum atomic E-state index is -0.497. The first-order valence-corrected chi connectivity index (χ1v) is 9.16. The van der Waals surface area contributed by atoms with Gasteiger partial charge in [0.15, 0.2) is 0 Å². The predicted molar refractivity (Wildman–Crippen MR) is 110 cm³/mol. The van der Waals surface area contributed by atoms with Gasteiger partial charge in [0.25, 0.3) is 0 Å². The second-order valence-corrected chi connectivity index (χ2v) is 7.33. The molecule has 1 aromatic carbocycles. The van der Waals surface area contributed by atoms with Crippen molar-refractivity contribution >= 4 is 29.4 Å². The third-order valence-corrected chi connectivity index (χ3v) is 3.48. The highest BCUT2D eigenvalue weighted by Gasteiger charge is 2.08. The van der Waals surface area contributed by atoms with Crippen LogP contribution in [0.2, 0.25) is 0 Å². The van der Waals surface area contributed by atoms with Crippen molar-refractivity contribution in [1.29, 1.82) is 0 Å². The molecule has 0 bridgehead atoms. The molecule has 1 unspecified atom stereocenters. The first kappa shape index (κ1) is 22.9. The van der Waals surface area contributed by atoms with Crippen molar-refractivity contribution in [3.05, 3.63) is 18.2 Å². The summed E-state index contributed by atoms with van der Waals surface area (Å²) in [6.45, 7) is 10.8. The molecule has 27 heavy (non-hydrogen) atoms. The Morgan fingerprint density at radius 3 is 2.70 bits per heavy atom. The highest BCUT2D eigenvalue weighted by Crippen LogP contribution is 2.29. The molecule has 0 aromatic heterocycles. The van der Waals surface area contributed by atoms with Crippen LogP contribution in [0.4, 0.5) is 21.9 Å². The molecule has 7 heteroatoms. The summed E-state index contributed by atoms with van der Waals surface area (Å²) in [7, 11) is 3.16. The Morgan fingerprint density at radius 2 is 2.07 bits per heavy atom. The first-order valence-electron chi connectivity index (χ1n) is 9.16. The van der Waals surface area contributed by atoms with Gasteiger partial charge in [-0.15, -0.1) is 0 Å². The van der Waals surface area contributed by atoms with E-state index in [-0.39, 0.29) is 5.41 Å². The van der Waals surface area contributed by atoms with E-state index in [4.69, 9.17) is 9.47 Å². The van der Waals surface area contributed by atoms with Crippen molar-refractivity contribution in [3.8, 4) is 0 Å². The normalized spacial score (nSPS) is 17.5. The SMILES string of the molecule is CC1COCCCO1.CNc1ccc(NC(=O)OC)cc1N=CC(C)(C)C. The van der Waals surface area contributed by atoms with Crippen molar-refractivity contribution in [2.45, 2.75) is 40.2 Å². The fourth-order valence-corrected chi connectivity index (χ4v) is 2.10. The van der Waals surface area contributed by atoms with Crippen LogP contribution in [0.3, 0.4) is 0 Å². The van der Waals surface area contributed by atoms with Crippen LogP contribution in [0.15, 0.2) is 23.2 Å². The number of methoxy groups -OCH3 is 1. The molecule has 1 amide bonds. The van der Waals surface area contributed by atoms with E-state index in [9.17, 15) is 4.79 Å². The Morgan fingerprint density at radius 1 is 1.33 bits per heavy atom. The lowest BCUT2D eigenvalue weighted by Gasteiger charge is -2.12. The summed E-state index contributed by atoms with van der Waals surface area (Å²) in [5.74, 6) is 0. The van der Waals surface area contributed by atoms with E-state index in [2.05, 4.69) is 41.1 Å². The summed E-state index contributed by atoms with van der Waals surface area (Å²) < 4.78 is 15.0. The monoisotopic (exact) mass is 379 g/mol. The molecule has 0 radical (unpaired) electrons. The fourth-order valence-electron chi connectivity index (χ4n) is 2.10. The molecule has 0 saturated carbocycles. The number of nitrogens with one attached hydrogen (secondary N) is 2. The van der Waals surface area contributed by atoms with Crippen molar-refractivity contribution in [2.75, 3.05) is 44.6 Å². The van der Waals surface area contributed by atoms with E-state index in [0.717, 1.165) is 37.6 Å². The van der Waals surface area contributed by atoms with Crippen LogP contribution in [-0.4, -0.2) is 52.4 Å². The molecular weight excluding hydrogens is 346 g/mol. The van der Waals surface area contributed by atoms with E-state index in [0.29, 0.717) is 11.8 Å². The summed E-state index contributed by atoms with van der Waals surface area (Å²) in [5.41, 5.74) is 2.31. The maximum Gasteiger partial charge on any atom is 0.411 e. The quantitative estimate of drug-likeness (QED) is 0.758. The van der Waals surface area contributed by atoms with Gasteiger partial charge in [-0.1, -0.05) is 20.8 Å². The lowest BCUT2D eigenvalue weighted by molar-refractivity contribution is 0.0384. The van der Waals surface area contributed by atoms with E-state index in [1.807, 2.05) is 26.3 Å². The van der Waals surface area contributed by atoms with Gasteiger partial charge in [0.05, 0.1) is 31.2 Å². The number of carbonyl (C=O) groups is 1. The highest BCUT2D eigenvalue weighted by atomic mass is 16.5. The summed E-state index contributed by atoms with van der Waals surface area (Å²) in [6, 6.07) is 5.45. The van der Waals surface area contributed by atoms with Gasteiger partial charge in [0.1, 0.15) is 0 Å². The van der Waals surface area contributed by atoms with Crippen LogP contribution in [0, 0.1) is 5.41 Å². The topological polar surface area (TPSA) is 81.2 Å². The number of ether oxygens (including phenoxy) is 3. The molecule has 7 nitrogen and oxygen atoms in total. The molecule has 1 heterocycles. The summed E-state index contributed by atoms with van der Waals surface area (Å²) >= 11 is 0. The van der Waals surface area contributed by atoms with Gasteiger partial charge in [-0.05, 0) is 37.0 Å². The third-order valence-electron chi connectivity index (χ3n) is 3.48. The number of carbonyl (C=O) groups excluding carboxylic acids is 1. The van der Waals surface area contributed by atoms with E-state index in [1.54, 1.807) is 12.1 Å². The molecule has 1 aliphatic heterocycles. The zero-order valence-corrected chi connectivity index (χ0v) is 17.3. The van der Waals surface area contributed by atoms with Gasteiger partial charge in [0, 0.05) is 32.2 Å². The molecule has 0 aliphatic carbocycles. The Bertz CT molecular complexity index is 604. The molecule has 1 fully saturated rings. The number of amides is 1. The minimum absolute atomic E-state index is 0.00318. The Kier molecular flexibility index (Phi) is 9.82. The van der Waals surface area contributed by atoms with Crippen LogP contribution in [0.1, 0.15) is 34.1 Å². The van der Waals surface area contributed by atoms with Crippen LogP contribution in [-0.2, 0) is 14.2 Å². The van der Waals surface area contributed by atoms with Gasteiger partial charge >= 0.3 is 6.09 Å². The van der Waals surface area contributed by atoms with Crippen LogP contribution in [0.5, 0.6) is 0 Å². The van der Waals surface area contributed by atoms with Crippen molar-refractivity contribution < 1.29 is 19.0 Å². The van der Waals surface area contributed by atoms with Crippen molar-refractivity contribution in [2.24, 2.45) is 10.4 Å². The molecule has 1 saturated heterocycles. The van der Waals surface area contributed by atoms with Gasteiger partial charge in [-0.25, -0.2) is 4.79 Å². The number of rotatable bonds is 3. The van der Waals surface area contributed by atoms with Gasteiger partial charge in [-0.3, -0.25) is 10.3 Å². The Labute approximate surface area is 162 Å².